The quantitative estimate of drug-likeness (QED) is 0.195. The van der Waals surface area contributed by atoms with Gasteiger partial charge in [-0.15, -0.1) is 0 Å². The summed E-state index contributed by atoms with van der Waals surface area (Å²) < 4.78 is 6.03. The summed E-state index contributed by atoms with van der Waals surface area (Å²) in [6.45, 7) is 0. The number of aromatic nitrogens is 2. The van der Waals surface area contributed by atoms with Gasteiger partial charge in [-0.3, -0.25) is 10.1 Å². The number of hydrogen-bond donors (Lipinski definition) is 2. The largest absolute Gasteiger partial charge is 0.496 e. The maximum atomic E-state index is 12.1. The average molecular weight is 518 g/mol. The molecule has 3 aromatic carbocycles. The molecule has 4 rings (SSSR count). The van der Waals surface area contributed by atoms with E-state index < -0.39 is 4.92 Å². The van der Waals surface area contributed by atoms with E-state index in [1.165, 1.54) is 0 Å². The Morgan fingerprint density at radius 3 is 2.15 bits per heavy atom. The zero-order valence-electron chi connectivity index (χ0n) is 18.1. The highest BCUT2D eigenvalue weighted by molar-refractivity contribution is 9.10. The predicted molar refractivity (Wildman–Crippen MR) is 138 cm³/mol. The van der Waals surface area contributed by atoms with Gasteiger partial charge in [-0.25, -0.2) is 4.98 Å². The molecule has 0 bridgehead atoms. The standard InChI is InChI=1S/C25H20BrN5O3/c1-34-22-15-13-17(16-20(22)26)12-14-21-23(31(32)33)24(27-18-8-4-2-5-9-18)30-25(29-21)28-19-10-6-3-7-11-19/h2-16H,1H3,(H2,27,28,29,30). The Morgan fingerprint density at radius 1 is 0.912 bits per heavy atom. The van der Waals surface area contributed by atoms with E-state index >= 15 is 0 Å². The molecule has 0 aliphatic heterocycles. The van der Waals surface area contributed by atoms with Gasteiger partial charge >= 0.3 is 5.69 Å². The Balaban J connectivity index is 1.78. The van der Waals surface area contributed by atoms with Crippen LogP contribution < -0.4 is 15.4 Å². The highest BCUT2D eigenvalue weighted by Crippen LogP contribution is 2.32. The molecule has 2 N–H and O–H groups in total. The van der Waals surface area contributed by atoms with Crippen molar-refractivity contribution in [2.75, 3.05) is 17.7 Å². The molecule has 0 aliphatic carbocycles. The van der Waals surface area contributed by atoms with Crippen LogP contribution in [0.15, 0.2) is 83.3 Å². The molecule has 0 fully saturated rings. The van der Waals surface area contributed by atoms with E-state index in [0.717, 1.165) is 15.7 Å². The Morgan fingerprint density at radius 2 is 1.56 bits per heavy atom. The van der Waals surface area contributed by atoms with Crippen molar-refractivity contribution < 1.29 is 9.66 Å². The molecule has 0 amide bonds. The number of hydrogen-bond acceptors (Lipinski definition) is 7. The normalized spacial score (nSPS) is 10.8. The molecular formula is C25H20BrN5O3. The van der Waals surface area contributed by atoms with Crippen molar-refractivity contribution in [2.45, 2.75) is 0 Å². The Hall–Kier alpha value is -4.24. The van der Waals surface area contributed by atoms with E-state index in [2.05, 4.69) is 36.5 Å². The second-order valence-electron chi connectivity index (χ2n) is 7.10. The Kier molecular flexibility index (Phi) is 7.14. The van der Waals surface area contributed by atoms with Crippen LogP contribution in [0.4, 0.5) is 28.8 Å². The van der Waals surface area contributed by atoms with Crippen LogP contribution in [0.3, 0.4) is 0 Å². The highest BCUT2D eigenvalue weighted by Gasteiger charge is 2.24. The summed E-state index contributed by atoms with van der Waals surface area (Å²) in [5.74, 6) is 1.000. The SMILES string of the molecule is COc1ccc(C=Cc2nc(Nc3ccccc3)nc(Nc3ccccc3)c2[N+](=O)[O-])cc1Br. The third-order valence-electron chi connectivity index (χ3n) is 4.77. The van der Waals surface area contributed by atoms with Crippen LogP contribution in [-0.2, 0) is 0 Å². The summed E-state index contributed by atoms with van der Waals surface area (Å²) in [7, 11) is 1.59. The number of nitrogens with zero attached hydrogens (tertiary/aromatic N) is 3. The minimum atomic E-state index is -0.485. The van der Waals surface area contributed by atoms with Gasteiger partial charge in [-0.2, -0.15) is 4.98 Å². The number of halogens is 1. The molecule has 0 spiro atoms. The fourth-order valence-electron chi connectivity index (χ4n) is 3.18. The zero-order chi connectivity index (χ0) is 23.9. The van der Waals surface area contributed by atoms with Crippen molar-refractivity contribution in [2.24, 2.45) is 0 Å². The van der Waals surface area contributed by atoms with Crippen molar-refractivity contribution in [1.82, 2.24) is 9.97 Å². The van der Waals surface area contributed by atoms with E-state index in [1.807, 2.05) is 66.7 Å². The molecular weight excluding hydrogens is 498 g/mol. The number of nitro groups is 1. The lowest BCUT2D eigenvalue weighted by atomic mass is 10.2. The fourth-order valence-corrected chi connectivity index (χ4v) is 3.74. The van der Waals surface area contributed by atoms with Crippen molar-refractivity contribution in [3.63, 3.8) is 0 Å². The summed E-state index contributed by atoms with van der Waals surface area (Å²) in [6, 6.07) is 24.0. The number of para-hydroxylation sites is 2. The topological polar surface area (TPSA) is 102 Å². The molecule has 0 saturated heterocycles. The lowest BCUT2D eigenvalue weighted by Gasteiger charge is -2.11. The van der Waals surface area contributed by atoms with Crippen LogP contribution in [0.5, 0.6) is 5.75 Å². The van der Waals surface area contributed by atoms with Crippen LogP contribution >= 0.6 is 15.9 Å². The Bertz CT molecular complexity index is 1330. The molecule has 9 heteroatoms. The molecule has 4 aromatic rings. The van der Waals surface area contributed by atoms with E-state index in [1.54, 1.807) is 31.4 Å². The number of ether oxygens (including phenoxy) is 1. The zero-order valence-corrected chi connectivity index (χ0v) is 19.7. The van der Waals surface area contributed by atoms with Crippen molar-refractivity contribution in [1.29, 1.82) is 0 Å². The summed E-state index contributed by atoms with van der Waals surface area (Å²) in [6.07, 6.45) is 3.35. The van der Waals surface area contributed by atoms with Crippen LogP contribution in [0, 0.1) is 10.1 Å². The van der Waals surface area contributed by atoms with Gasteiger partial charge in [-0.1, -0.05) is 48.5 Å². The first kappa shape index (κ1) is 22.9. The molecule has 0 unspecified atom stereocenters. The second kappa shape index (κ2) is 10.6. The summed E-state index contributed by atoms with van der Waals surface area (Å²) in [4.78, 5) is 20.4. The number of methoxy groups -OCH3 is 1. The van der Waals surface area contributed by atoms with Crippen molar-refractivity contribution >= 4 is 56.9 Å². The molecule has 170 valence electrons. The molecule has 0 saturated carbocycles. The fraction of sp³-hybridized carbons (Fsp3) is 0.0400. The molecule has 0 radical (unpaired) electrons. The third kappa shape index (κ3) is 5.57. The maximum Gasteiger partial charge on any atom is 0.337 e. The first-order valence-electron chi connectivity index (χ1n) is 10.3. The van der Waals surface area contributed by atoms with Crippen molar-refractivity contribution in [3.05, 3.63) is 105 Å². The van der Waals surface area contributed by atoms with Gasteiger partial charge in [-0.05, 0) is 64.0 Å². The number of benzene rings is 3. The van der Waals surface area contributed by atoms with Crippen LogP contribution in [0.25, 0.3) is 12.2 Å². The van der Waals surface area contributed by atoms with Crippen LogP contribution in [-0.4, -0.2) is 22.0 Å². The number of nitrogens with one attached hydrogen (secondary N) is 2. The molecule has 0 aliphatic rings. The molecule has 34 heavy (non-hydrogen) atoms. The first-order valence-corrected chi connectivity index (χ1v) is 11.0. The predicted octanol–water partition coefficient (Wildman–Crippen LogP) is 6.81. The number of rotatable bonds is 8. The molecule has 1 heterocycles. The summed E-state index contributed by atoms with van der Waals surface area (Å²) in [5, 5.41) is 18.2. The van der Waals surface area contributed by atoms with E-state index in [4.69, 9.17) is 4.74 Å². The molecule has 0 atom stereocenters. The van der Waals surface area contributed by atoms with Gasteiger partial charge in [0, 0.05) is 11.4 Å². The molecule has 1 aromatic heterocycles. The highest BCUT2D eigenvalue weighted by atomic mass is 79.9. The van der Waals surface area contributed by atoms with E-state index in [-0.39, 0.29) is 23.1 Å². The van der Waals surface area contributed by atoms with Gasteiger partial charge in [0.1, 0.15) is 11.4 Å². The van der Waals surface area contributed by atoms with Crippen LogP contribution in [0.2, 0.25) is 0 Å². The minimum Gasteiger partial charge on any atom is -0.496 e. The molecule has 8 nitrogen and oxygen atoms in total. The van der Waals surface area contributed by atoms with E-state index in [9.17, 15) is 10.1 Å². The lowest BCUT2D eigenvalue weighted by molar-refractivity contribution is -0.384. The van der Waals surface area contributed by atoms with Crippen LogP contribution in [0.1, 0.15) is 11.3 Å². The van der Waals surface area contributed by atoms with E-state index in [0.29, 0.717) is 11.4 Å². The van der Waals surface area contributed by atoms with Gasteiger partial charge in [0.15, 0.2) is 0 Å². The Labute approximate surface area is 204 Å². The summed E-state index contributed by atoms with van der Waals surface area (Å²) in [5.41, 5.74) is 2.17. The second-order valence-corrected chi connectivity index (χ2v) is 7.95. The van der Waals surface area contributed by atoms with Gasteiger partial charge in [0.05, 0.1) is 16.5 Å². The first-order chi connectivity index (χ1) is 16.5. The monoisotopic (exact) mass is 517 g/mol. The maximum absolute atomic E-state index is 12.1. The third-order valence-corrected chi connectivity index (χ3v) is 5.39. The summed E-state index contributed by atoms with van der Waals surface area (Å²) >= 11 is 3.46. The van der Waals surface area contributed by atoms with Gasteiger partial charge in [0.2, 0.25) is 11.8 Å². The lowest BCUT2D eigenvalue weighted by Crippen LogP contribution is -2.07. The number of anilines is 4. The van der Waals surface area contributed by atoms with Crippen molar-refractivity contribution in [3.8, 4) is 5.75 Å². The van der Waals surface area contributed by atoms with Gasteiger partial charge in [0.25, 0.3) is 0 Å². The average Bonchev–Trinajstić information content (AvgIpc) is 2.84. The smallest absolute Gasteiger partial charge is 0.337 e. The minimum absolute atomic E-state index is 0.0835. The van der Waals surface area contributed by atoms with Gasteiger partial charge < -0.3 is 15.4 Å².